The maximum absolute atomic E-state index is 12.5. The van der Waals surface area contributed by atoms with E-state index in [-0.39, 0.29) is 24.2 Å². The highest BCUT2D eigenvalue weighted by atomic mass is 19.3. The largest absolute Gasteiger partial charge is 0.466 e. The van der Waals surface area contributed by atoms with Crippen molar-refractivity contribution in [3.8, 4) is 0 Å². The lowest BCUT2D eigenvalue weighted by Gasteiger charge is -2.07. The van der Waals surface area contributed by atoms with Crippen LogP contribution in [-0.4, -0.2) is 17.6 Å². The number of esters is 1. The molecule has 0 aliphatic carbocycles. The number of carbonyl (C=O) groups excluding carboxylic acids is 1. The first-order valence-corrected chi connectivity index (χ1v) is 4.70. The summed E-state index contributed by atoms with van der Waals surface area (Å²) < 4.78 is 29.7. The van der Waals surface area contributed by atoms with E-state index in [1.807, 2.05) is 0 Å². The van der Waals surface area contributed by atoms with Crippen LogP contribution < -0.4 is 5.56 Å². The zero-order valence-electron chi connectivity index (χ0n) is 8.63. The van der Waals surface area contributed by atoms with Crippen molar-refractivity contribution < 1.29 is 18.3 Å². The average molecular weight is 231 g/mol. The van der Waals surface area contributed by atoms with Crippen LogP contribution in [0.3, 0.4) is 0 Å². The first-order valence-electron chi connectivity index (χ1n) is 4.70. The lowest BCUT2D eigenvalue weighted by atomic mass is 10.1. The number of hydrogen-bond donors (Lipinski definition) is 1. The number of rotatable bonds is 4. The van der Waals surface area contributed by atoms with E-state index in [1.165, 1.54) is 0 Å². The third kappa shape index (κ3) is 3.15. The number of aromatic nitrogens is 1. The van der Waals surface area contributed by atoms with Crippen LogP contribution in [0.15, 0.2) is 17.1 Å². The minimum absolute atomic E-state index is 0.00259. The molecule has 0 radical (unpaired) electrons. The number of carbonyl (C=O) groups is 1. The predicted molar refractivity (Wildman–Crippen MR) is 52.4 cm³/mol. The molecule has 0 saturated carbocycles. The van der Waals surface area contributed by atoms with Gasteiger partial charge in [0.15, 0.2) is 0 Å². The average Bonchev–Trinajstić information content (AvgIpc) is 2.17. The molecule has 0 aromatic carbocycles. The molecule has 1 N–H and O–H groups in total. The first-order chi connectivity index (χ1) is 7.54. The Bertz CT molecular complexity index is 428. The van der Waals surface area contributed by atoms with Gasteiger partial charge in [0.2, 0.25) is 5.56 Å². The van der Waals surface area contributed by atoms with Gasteiger partial charge in [0, 0.05) is 17.8 Å². The van der Waals surface area contributed by atoms with Crippen LogP contribution in [0.4, 0.5) is 8.78 Å². The van der Waals surface area contributed by atoms with E-state index in [0.29, 0.717) is 0 Å². The molecule has 1 aromatic rings. The summed E-state index contributed by atoms with van der Waals surface area (Å²) in [6, 6.07) is 0.985. The molecular weight excluding hydrogens is 220 g/mol. The van der Waals surface area contributed by atoms with Gasteiger partial charge in [0.05, 0.1) is 13.0 Å². The van der Waals surface area contributed by atoms with Crippen LogP contribution in [0.25, 0.3) is 0 Å². The van der Waals surface area contributed by atoms with E-state index < -0.39 is 18.0 Å². The zero-order valence-corrected chi connectivity index (χ0v) is 8.63. The third-order valence-corrected chi connectivity index (χ3v) is 1.92. The number of halogens is 2. The fourth-order valence-electron chi connectivity index (χ4n) is 1.25. The monoisotopic (exact) mass is 231 g/mol. The molecule has 4 nitrogen and oxygen atoms in total. The minimum atomic E-state index is -2.73. The highest BCUT2D eigenvalue weighted by Gasteiger charge is 2.16. The van der Waals surface area contributed by atoms with E-state index in [1.54, 1.807) is 6.92 Å². The van der Waals surface area contributed by atoms with Crippen molar-refractivity contribution >= 4 is 5.97 Å². The van der Waals surface area contributed by atoms with Crippen molar-refractivity contribution in [3.63, 3.8) is 0 Å². The molecule has 0 unspecified atom stereocenters. The van der Waals surface area contributed by atoms with Crippen LogP contribution in [0, 0.1) is 0 Å². The van der Waals surface area contributed by atoms with Crippen molar-refractivity contribution in [3.05, 3.63) is 33.7 Å². The standard InChI is InChI=1S/C10H11F2NO3/c1-2-16-9(15)4-6-3-8(14)13-5-7(6)10(11)12/h3,5,10H,2,4H2,1H3,(H,13,14). The van der Waals surface area contributed by atoms with Gasteiger partial charge in [0.25, 0.3) is 6.43 Å². The van der Waals surface area contributed by atoms with E-state index in [9.17, 15) is 18.4 Å². The Balaban J connectivity index is 2.96. The van der Waals surface area contributed by atoms with Crippen molar-refractivity contribution in [2.24, 2.45) is 0 Å². The number of pyridine rings is 1. The van der Waals surface area contributed by atoms with Crippen molar-refractivity contribution in [2.75, 3.05) is 6.61 Å². The van der Waals surface area contributed by atoms with Crippen LogP contribution in [0.5, 0.6) is 0 Å². The second-order valence-electron chi connectivity index (χ2n) is 3.06. The normalized spacial score (nSPS) is 10.5. The fourth-order valence-corrected chi connectivity index (χ4v) is 1.25. The van der Waals surface area contributed by atoms with E-state index in [0.717, 1.165) is 12.3 Å². The lowest BCUT2D eigenvalue weighted by molar-refractivity contribution is -0.142. The van der Waals surface area contributed by atoms with Gasteiger partial charge in [0.1, 0.15) is 0 Å². The van der Waals surface area contributed by atoms with Gasteiger partial charge in [-0.05, 0) is 12.5 Å². The number of alkyl halides is 2. The molecular formula is C10H11F2NO3. The van der Waals surface area contributed by atoms with Crippen LogP contribution in [-0.2, 0) is 16.0 Å². The highest BCUT2D eigenvalue weighted by Crippen LogP contribution is 2.21. The molecule has 0 bridgehead atoms. The van der Waals surface area contributed by atoms with E-state index in [4.69, 9.17) is 0 Å². The van der Waals surface area contributed by atoms with Gasteiger partial charge < -0.3 is 9.72 Å². The van der Waals surface area contributed by atoms with E-state index >= 15 is 0 Å². The summed E-state index contributed by atoms with van der Waals surface area (Å²) in [5.74, 6) is -0.630. The Hall–Kier alpha value is -1.72. The van der Waals surface area contributed by atoms with Crippen molar-refractivity contribution in [1.29, 1.82) is 0 Å². The molecule has 0 amide bonds. The van der Waals surface area contributed by atoms with Gasteiger partial charge in [-0.3, -0.25) is 9.59 Å². The SMILES string of the molecule is CCOC(=O)Cc1cc(=O)[nH]cc1C(F)F. The molecule has 0 fully saturated rings. The molecule has 1 heterocycles. The molecule has 0 aliphatic heterocycles. The number of aromatic amines is 1. The Labute approximate surface area is 90.2 Å². The minimum Gasteiger partial charge on any atom is -0.466 e. The Morgan fingerprint density at radius 1 is 1.56 bits per heavy atom. The van der Waals surface area contributed by atoms with Crippen molar-refractivity contribution in [2.45, 2.75) is 19.8 Å². The molecule has 1 aromatic heterocycles. The number of ether oxygens (including phenoxy) is 1. The van der Waals surface area contributed by atoms with Crippen molar-refractivity contribution in [1.82, 2.24) is 4.98 Å². The summed E-state index contributed by atoms with van der Waals surface area (Å²) in [6.45, 7) is 1.79. The molecule has 0 spiro atoms. The smallest absolute Gasteiger partial charge is 0.310 e. The van der Waals surface area contributed by atoms with Gasteiger partial charge in [-0.15, -0.1) is 0 Å². The Morgan fingerprint density at radius 2 is 2.25 bits per heavy atom. The molecule has 6 heteroatoms. The second kappa shape index (κ2) is 5.39. The quantitative estimate of drug-likeness (QED) is 0.797. The predicted octanol–water partition coefficient (Wildman–Crippen LogP) is 1.42. The molecule has 0 atom stereocenters. The van der Waals surface area contributed by atoms with Gasteiger partial charge in [-0.25, -0.2) is 8.78 Å². The molecule has 0 saturated heterocycles. The molecule has 0 aliphatic rings. The van der Waals surface area contributed by atoms with Crippen LogP contribution in [0.2, 0.25) is 0 Å². The van der Waals surface area contributed by atoms with Gasteiger partial charge in [-0.2, -0.15) is 0 Å². The summed E-state index contributed by atoms with van der Waals surface area (Å²) in [6.07, 6.45) is -2.14. The van der Waals surface area contributed by atoms with E-state index in [2.05, 4.69) is 9.72 Å². The highest BCUT2D eigenvalue weighted by molar-refractivity contribution is 5.72. The lowest BCUT2D eigenvalue weighted by Crippen LogP contribution is -2.14. The fraction of sp³-hybridized carbons (Fsp3) is 0.400. The molecule has 16 heavy (non-hydrogen) atoms. The first kappa shape index (κ1) is 12.4. The number of hydrogen-bond acceptors (Lipinski definition) is 3. The summed E-state index contributed by atoms with van der Waals surface area (Å²) >= 11 is 0. The van der Waals surface area contributed by atoms with Crippen LogP contribution in [0.1, 0.15) is 24.5 Å². The second-order valence-corrected chi connectivity index (χ2v) is 3.06. The zero-order chi connectivity index (χ0) is 12.1. The topological polar surface area (TPSA) is 59.2 Å². The van der Waals surface area contributed by atoms with Gasteiger partial charge >= 0.3 is 5.97 Å². The summed E-state index contributed by atoms with van der Waals surface area (Å²) in [7, 11) is 0. The number of nitrogens with one attached hydrogen (secondary N) is 1. The summed E-state index contributed by atoms with van der Waals surface area (Å²) in [4.78, 5) is 24.2. The summed E-state index contributed by atoms with van der Waals surface area (Å²) in [5.41, 5.74) is -0.881. The summed E-state index contributed by atoms with van der Waals surface area (Å²) in [5, 5.41) is 0. The number of H-pyrrole nitrogens is 1. The molecule has 88 valence electrons. The third-order valence-electron chi connectivity index (χ3n) is 1.92. The van der Waals surface area contributed by atoms with Crippen LogP contribution >= 0.6 is 0 Å². The Morgan fingerprint density at radius 3 is 2.81 bits per heavy atom. The Kier molecular flexibility index (Phi) is 4.16. The van der Waals surface area contributed by atoms with Gasteiger partial charge in [-0.1, -0.05) is 0 Å². The molecule has 1 rings (SSSR count). The maximum Gasteiger partial charge on any atom is 0.310 e. The maximum atomic E-state index is 12.5.